The van der Waals surface area contributed by atoms with Crippen molar-refractivity contribution in [3.8, 4) is 5.75 Å². The van der Waals surface area contributed by atoms with Crippen molar-refractivity contribution in [1.29, 1.82) is 0 Å². The fraction of sp³-hybridized carbons (Fsp3) is 0.600. The zero-order valence-corrected chi connectivity index (χ0v) is 11.2. The highest BCUT2D eigenvalue weighted by Gasteiger charge is 2.30. The fourth-order valence-corrected chi connectivity index (χ4v) is 2.64. The third-order valence-electron chi connectivity index (χ3n) is 3.95. The lowest BCUT2D eigenvalue weighted by Gasteiger charge is -2.37. The van der Waals surface area contributed by atoms with Crippen molar-refractivity contribution < 1.29 is 9.13 Å². The Morgan fingerprint density at radius 2 is 2.11 bits per heavy atom. The molecule has 1 fully saturated rings. The Hall–Kier alpha value is -1.09. The molecule has 1 aromatic rings. The van der Waals surface area contributed by atoms with Gasteiger partial charge in [0.15, 0.2) is 11.6 Å². The molecule has 0 spiro atoms. The van der Waals surface area contributed by atoms with Gasteiger partial charge in [-0.1, -0.05) is 13.0 Å². The number of hydrogen-bond acceptors (Lipinski definition) is 2. The van der Waals surface area contributed by atoms with Gasteiger partial charge >= 0.3 is 0 Å². The molecule has 0 bridgehead atoms. The van der Waals surface area contributed by atoms with Gasteiger partial charge in [0.05, 0.1) is 7.11 Å². The summed E-state index contributed by atoms with van der Waals surface area (Å²) < 4.78 is 18.5. The smallest absolute Gasteiger partial charge is 0.165 e. The Labute approximate surface area is 109 Å². The van der Waals surface area contributed by atoms with Crippen LogP contribution < -0.4 is 10.1 Å². The average Bonchev–Trinajstić information content (AvgIpc) is 2.35. The van der Waals surface area contributed by atoms with Gasteiger partial charge < -0.3 is 10.1 Å². The first kappa shape index (κ1) is 13.3. The van der Waals surface area contributed by atoms with Gasteiger partial charge in [-0.3, -0.25) is 0 Å². The first-order chi connectivity index (χ1) is 8.74. The number of nitrogens with one attached hydrogen (secondary N) is 1. The van der Waals surface area contributed by atoms with Crippen LogP contribution in [0.3, 0.4) is 0 Å². The standard InChI is InChI=1S/C15H22FNO/c1-3-17-10-13-6-5-12(13)8-11-4-7-15(18-2)14(16)9-11/h4,7,9,12-13,17H,3,5-6,8,10H2,1-2H3. The van der Waals surface area contributed by atoms with E-state index in [-0.39, 0.29) is 5.82 Å². The minimum absolute atomic E-state index is 0.252. The molecule has 1 saturated carbocycles. The molecule has 0 saturated heterocycles. The van der Waals surface area contributed by atoms with Crippen LogP contribution in [0.4, 0.5) is 4.39 Å². The average molecular weight is 251 g/mol. The molecule has 2 unspecified atom stereocenters. The minimum atomic E-state index is -0.252. The molecule has 0 heterocycles. The summed E-state index contributed by atoms with van der Waals surface area (Å²) in [4.78, 5) is 0. The van der Waals surface area contributed by atoms with Gasteiger partial charge in [-0.15, -0.1) is 0 Å². The van der Waals surface area contributed by atoms with Crippen LogP contribution in [-0.2, 0) is 6.42 Å². The normalized spacial score (nSPS) is 22.6. The first-order valence-electron chi connectivity index (χ1n) is 6.77. The number of benzene rings is 1. The molecule has 2 nitrogen and oxygen atoms in total. The van der Waals surface area contributed by atoms with E-state index in [0.717, 1.165) is 31.0 Å². The predicted molar refractivity (Wildman–Crippen MR) is 71.4 cm³/mol. The summed E-state index contributed by atoms with van der Waals surface area (Å²) in [7, 11) is 1.50. The fourth-order valence-electron chi connectivity index (χ4n) is 2.64. The van der Waals surface area contributed by atoms with Gasteiger partial charge in [-0.2, -0.15) is 0 Å². The molecule has 0 aromatic heterocycles. The van der Waals surface area contributed by atoms with Crippen LogP contribution >= 0.6 is 0 Å². The molecule has 1 N–H and O–H groups in total. The monoisotopic (exact) mass is 251 g/mol. The topological polar surface area (TPSA) is 21.3 Å². The van der Waals surface area contributed by atoms with Crippen LogP contribution in [0.25, 0.3) is 0 Å². The Morgan fingerprint density at radius 1 is 1.33 bits per heavy atom. The zero-order valence-electron chi connectivity index (χ0n) is 11.2. The van der Waals surface area contributed by atoms with E-state index < -0.39 is 0 Å². The second kappa shape index (κ2) is 6.19. The van der Waals surface area contributed by atoms with E-state index in [9.17, 15) is 4.39 Å². The highest BCUT2D eigenvalue weighted by atomic mass is 19.1. The van der Waals surface area contributed by atoms with Gasteiger partial charge in [0.25, 0.3) is 0 Å². The van der Waals surface area contributed by atoms with Crippen molar-refractivity contribution in [3.63, 3.8) is 0 Å². The third kappa shape index (κ3) is 3.02. The van der Waals surface area contributed by atoms with Crippen molar-refractivity contribution in [3.05, 3.63) is 29.6 Å². The van der Waals surface area contributed by atoms with Gasteiger partial charge in [0.2, 0.25) is 0 Å². The van der Waals surface area contributed by atoms with Gasteiger partial charge in [-0.25, -0.2) is 4.39 Å². The van der Waals surface area contributed by atoms with E-state index in [4.69, 9.17) is 4.74 Å². The molecule has 2 rings (SSSR count). The number of rotatable bonds is 6. The molecule has 2 atom stereocenters. The molecule has 1 aromatic carbocycles. The summed E-state index contributed by atoms with van der Waals surface area (Å²) in [5.74, 6) is 1.54. The summed E-state index contributed by atoms with van der Waals surface area (Å²) in [6, 6.07) is 5.31. The van der Waals surface area contributed by atoms with Crippen LogP contribution in [0.5, 0.6) is 5.75 Å². The van der Waals surface area contributed by atoms with Gasteiger partial charge in [0.1, 0.15) is 0 Å². The van der Waals surface area contributed by atoms with E-state index in [1.807, 2.05) is 6.07 Å². The predicted octanol–water partition coefficient (Wildman–Crippen LogP) is 3.01. The number of hydrogen-bond donors (Lipinski definition) is 1. The van der Waals surface area contributed by atoms with Crippen LogP contribution in [0, 0.1) is 17.7 Å². The highest BCUT2D eigenvalue weighted by molar-refractivity contribution is 5.29. The van der Waals surface area contributed by atoms with Crippen LogP contribution in [-0.4, -0.2) is 20.2 Å². The second-order valence-electron chi connectivity index (χ2n) is 5.08. The highest BCUT2D eigenvalue weighted by Crippen LogP contribution is 2.36. The maximum atomic E-state index is 13.6. The van der Waals surface area contributed by atoms with Crippen LogP contribution in [0.2, 0.25) is 0 Å². The van der Waals surface area contributed by atoms with E-state index >= 15 is 0 Å². The summed E-state index contributed by atoms with van der Waals surface area (Å²) >= 11 is 0. The van der Waals surface area contributed by atoms with Gasteiger partial charge in [0, 0.05) is 0 Å². The molecule has 18 heavy (non-hydrogen) atoms. The van der Waals surface area contributed by atoms with Crippen molar-refractivity contribution in [2.45, 2.75) is 26.2 Å². The SMILES string of the molecule is CCNCC1CCC1Cc1ccc(OC)c(F)c1. The minimum Gasteiger partial charge on any atom is -0.494 e. The third-order valence-corrected chi connectivity index (χ3v) is 3.95. The Morgan fingerprint density at radius 3 is 2.67 bits per heavy atom. The van der Waals surface area contributed by atoms with E-state index in [2.05, 4.69) is 12.2 Å². The zero-order chi connectivity index (χ0) is 13.0. The summed E-state index contributed by atoms with van der Waals surface area (Å²) in [6.07, 6.45) is 3.55. The Balaban J connectivity index is 1.91. The van der Waals surface area contributed by atoms with Gasteiger partial charge in [-0.05, 0) is 61.9 Å². The van der Waals surface area contributed by atoms with E-state index in [1.165, 1.54) is 20.0 Å². The Bertz CT molecular complexity index is 394. The summed E-state index contributed by atoms with van der Waals surface area (Å²) in [5.41, 5.74) is 1.08. The molecule has 100 valence electrons. The quantitative estimate of drug-likeness (QED) is 0.839. The molecule has 3 heteroatoms. The number of ether oxygens (including phenoxy) is 1. The van der Waals surface area contributed by atoms with Crippen LogP contribution in [0.1, 0.15) is 25.3 Å². The largest absolute Gasteiger partial charge is 0.494 e. The van der Waals surface area contributed by atoms with Crippen molar-refractivity contribution in [1.82, 2.24) is 5.32 Å². The Kier molecular flexibility index (Phi) is 4.59. The maximum Gasteiger partial charge on any atom is 0.165 e. The van der Waals surface area contributed by atoms with Crippen LogP contribution in [0.15, 0.2) is 18.2 Å². The lowest BCUT2D eigenvalue weighted by atomic mass is 9.70. The summed E-state index contributed by atoms with van der Waals surface area (Å²) in [5, 5.41) is 3.40. The molecular weight excluding hydrogens is 229 g/mol. The van der Waals surface area contributed by atoms with Crippen molar-refractivity contribution >= 4 is 0 Å². The van der Waals surface area contributed by atoms with E-state index in [1.54, 1.807) is 12.1 Å². The molecular formula is C15H22FNO. The van der Waals surface area contributed by atoms with E-state index in [0.29, 0.717) is 11.7 Å². The lowest BCUT2D eigenvalue weighted by Crippen LogP contribution is -2.36. The number of halogens is 1. The summed E-state index contributed by atoms with van der Waals surface area (Å²) in [6.45, 7) is 4.26. The molecule has 1 aliphatic rings. The van der Waals surface area contributed by atoms with Crippen molar-refractivity contribution in [2.75, 3.05) is 20.2 Å². The number of methoxy groups -OCH3 is 1. The first-order valence-corrected chi connectivity index (χ1v) is 6.77. The van der Waals surface area contributed by atoms with Crippen molar-refractivity contribution in [2.24, 2.45) is 11.8 Å². The molecule has 1 aliphatic carbocycles. The molecule has 0 amide bonds. The maximum absolute atomic E-state index is 13.6. The molecule has 0 aliphatic heterocycles. The second-order valence-corrected chi connectivity index (χ2v) is 5.08. The molecule has 0 radical (unpaired) electrons. The lowest BCUT2D eigenvalue weighted by molar-refractivity contribution is 0.171.